The van der Waals surface area contributed by atoms with E-state index in [-0.39, 0.29) is 19.4 Å². The van der Waals surface area contributed by atoms with Crippen LogP contribution >= 0.6 is 0 Å². The number of aliphatic hydroxyl groups excluding tert-OH is 1. The highest BCUT2D eigenvalue weighted by molar-refractivity contribution is 5.67. The van der Waals surface area contributed by atoms with Crippen molar-refractivity contribution in [2.24, 2.45) is 0 Å². The van der Waals surface area contributed by atoms with Gasteiger partial charge in [0.2, 0.25) is 0 Å². The standard InChI is InChI=1S/C7H12O5/c1-5(8)12-4-6(9)2-3-7(10)11/h6,9H,2-4H2,1H3,(H,10,11). The molecule has 70 valence electrons. The van der Waals surface area contributed by atoms with Crippen molar-refractivity contribution in [1.29, 1.82) is 0 Å². The Kier molecular flexibility index (Phi) is 5.03. The van der Waals surface area contributed by atoms with Gasteiger partial charge in [-0.15, -0.1) is 0 Å². The van der Waals surface area contributed by atoms with Crippen LogP contribution in [0.5, 0.6) is 0 Å². The minimum Gasteiger partial charge on any atom is -0.481 e. The van der Waals surface area contributed by atoms with Gasteiger partial charge in [-0.1, -0.05) is 0 Å². The van der Waals surface area contributed by atoms with Crippen LogP contribution in [0.3, 0.4) is 0 Å². The summed E-state index contributed by atoms with van der Waals surface area (Å²) in [5.74, 6) is -1.46. The fraction of sp³-hybridized carbons (Fsp3) is 0.714. The smallest absolute Gasteiger partial charge is 0.303 e. The lowest BCUT2D eigenvalue weighted by molar-refractivity contribution is -0.144. The number of ether oxygens (including phenoxy) is 1. The van der Waals surface area contributed by atoms with Gasteiger partial charge < -0.3 is 14.9 Å². The summed E-state index contributed by atoms with van der Waals surface area (Å²) in [4.78, 5) is 20.3. The Bertz CT molecular complexity index is 147. The molecule has 2 N–H and O–H groups in total. The largest absolute Gasteiger partial charge is 0.481 e. The lowest BCUT2D eigenvalue weighted by Gasteiger charge is -2.07. The highest BCUT2D eigenvalue weighted by Crippen LogP contribution is 1.97. The monoisotopic (exact) mass is 176 g/mol. The Morgan fingerprint density at radius 2 is 2.08 bits per heavy atom. The van der Waals surface area contributed by atoms with Gasteiger partial charge >= 0.3 is 11.9 Å². The number of rotatable bonds is 5. The maximum absolute atomic E-state index is 10.2. The van der Waals surface area contributed by atoms with Crippen molar-refractivity contribution in [2.75, 3.05) is 6.61 Å². The summed E-state index contributed by atoms with van der Waals surface area (Å²) in [6.07, 6.45) is -0.907. The van der Waals surface area contributed by atoms with E-state index in [1.54, 1.807) is 0 Å². The molecule has 0 aromatic heterocycles. The highest BCUT2D eigenvalue weighted by atomic mass is 16.5. The molecule has 0 aromatic rings. The molecule has 0 bridgehead atoms. The van der Waals surface area contributed by atoms with Gasteiger partial charge in [-0.05, 0) is 6.42 Å². The van der Waals surface area contributed by atoms with E-state index in [4.69, 9.17) is 10.2 Å². The topological polar surface area (TPSA) is 83.8 Å². The van der Waals surface area contributed by atoms with Crippen molar-refractivity contribution in [2.45, 2.75) is 25.9 Å². The van der Waals surface area contributed by atoms with Gasteiger partial charge in [0.05, 0.1) is 6.10 Å². The Morgan fingerprint density at radius 3 is 2.50 bits per heavy atom. The summed E-state index contributed by atoms with van der Waals surface area (Å²) < 4.78 is 4.45. The third-order valence-corrected chi connectivity index (χ3v) is 1.17. The maximum atomic E-state index is 10.2. The molecule has 0 aliphatic carbocycles. The summed E-state index contributed by atoms with van der Waals surface area (Å²) in [7, 11) is 0. The van der Waals surface area contributed by atoms with Crippen LogP contribution in [0.25, 0.3) is 0 Å². The fourth-order valence-electron chi connectivity index (χ4n) is 0.587. The number of carboxylic acid groups (broad SMARTS) is 1. The van der Waals surface area contributed by atoms with E-state index in [0.717, 1.165) is 0 Å². The van der Waals surface area contributed by atoms with Crippen LogP contribution in [0.4, 0.5) is 0 Å². The SMILES string of the molecule is CC(=O)OCC(O)CCC(=O)O. The molecule has 0 aliphatic rings. The first kappa shape index (κ1) is 10.9. The molecule has 12 heavy (non-hydrogen) atoms. The zero-order valence-corrected chi connectivity index (χ0v) is 6.82. The molecular weight excluding hydrogens is 164 g/mol. The average Bonchev–Trinajstić information content (AvgIpc) is 1.96. The van der Waals surface area contributed by atoms with E-state index < -0.39 is 18.0 Å². The zero-order chi connectivity index (χ0) is 9.56. The van der Waals surface area contributed by atoms with Crippen LogP contribution in [0.2, 0.25) is 0 Å². The van der Waals surface area contributed by atoms with Crippen LogP contribution in [-0.2, 0) is 14.3 Å². The summed E-state index contributed by atoms with van der Waals surface area (Å²) in [5, 5.41) is 17.2. The summed E-state index contributed by atoms with van der Waals surface area (Å²) in [5.41, 5.74) is 0. The Hall–Kier alpha value is -1.10. The molecule has 1 unspecified atom stereocenters. The first-order chi connectivity index (χ1) is 5.52. The van der Waals surface area contributed by atoms with Gasteiger partial charge in [-0.3, -0.25) is 9.59 Å². The number of esters is 1. The zero-order valence-electron chi connectivity index (χ0n) is 6.82. The molecule has 0 heterocycles. The Labute approximate surface area is 70.0 Å². The molecule has 0 aromatic carbocycles. The van der Waals surface area contributed by atoms with Crippen molar-refractivity contribution in [1.82, 2.24) is 0 Å². The van der Waals surface area contributed by atoms with Crippen LogP contribution in [0.1, 0.15) is 19.8 Å². The van der Waals surface area contributed by atoms with Gasteiger partial charge in [0.25, 0.3) is 0 Å². The van der Waals surface area contributed by atoms with Crippen molar-refractivity contribution in [3.05, 3.63) is 0 Å². The number of hydrogen-bond acceptors (Lipinski definition) is 4. The van der Waals surface area contributed by atoms with E-state index in [1.807, 2.05) is 0 Å². The van der Waals surface area contributed by atoms with Crippen LogP contribution in [0, 0.1) is 0 Å². The minimum absolute atomic E-state index is 0.0998. The Balaban J connectivity index is 3.39. The molecule has 0 radical (unpaired) electrons. The van der Waals surface area contributed by atoms with E-state index in [2.05, 4.69) is 4.74 Å². The molecule has 0 aliphatic heterocycles. The lowest BCUT2D eigenvalue weighted by atomic mass is 10.2. The minimum atomic E-state index is -0.975. The summed E-state index contributed by atoms with van der Waals surface area (Å²) in [6.45, 7) is 1.09. The highest BCUT2D eigenvalue weighted by Gasteiger charge is 2.08. The molecule has 5 heteroatoms. The predicted octanol–water partition coefficient (Wildman–Crippen LogP) is -0.225. The number of carbonyl (C=O) groups excluding carboxylic acids is 1. The average molecular weight is 176 g/mol. The summed E-state index contributed by atoms with van der Waals surface area (Å²) >= 11 is 0. The summed E-state index contributed by atoms with van der Waals surface area (Å²) in [6, 6.07) is 0. The van der Waals surface area contributed by atoms with Gasteiger partial charge in [-0.2, -0.15) is 0 Å². The first-order valence-corrected chi connectivity index (χ1v) is 3.55. The third kappa shape index (κ3) is 7.01. The molecule has 0 saturated heterocycles. The number of aliphatic carboxylic acids is 1. The first-order valence-electron chi connectivity index (χ1n) is 3.55. The van der Waals surface area contributed by atoms with Crippen LogP contribution in [-0.4, -0.2) is 34.9 Å². The number of carbonyl (C=O) groups is 2. The van der Waals surface area contributed by atoms with E-state index in [9.17, 15) is 9.59 Å². The van der Waals surface area contributed by atoms with E-state index >= 15 is 0 Å². The third-order valence-electron chi connectivity index (χ3n) is 1.17. The molecule has 0 rings (SSSR count). The predicted molar refractivity (Wildman–Crippen MR) is 39.5 cm³/mol. The van der Waals surface area contributed by atoms with Crippen molar-refractivity contribution >= 4 is 11.9 Å². The normalized spacial score (nSPS) is 12.2. The number of carboxylic acids is 1. The second-order valence-electron chi connectivity index (χ2n) is 2.39. The van der Waals surface area contributed by atoms with Gasteiger partial charge in [0.15, 0.2) is 0 Å². The number of aliphatic hydroxyl groups is 1. The van der Waals surface area contributed by atoms with Crippen LogP contribution < -0.4 is 0 Å². The molecule has 0 fully saturated rings. The fourth-order valence-corrected chi connectivity index (χ4v) is 0.587. The molecule has 1 atom stereocenters. The molecule has 0 spiro atoms. The molecule has 5 nitrogen and oxygen atoms in total. The van der Waals surface area contributed by atoms with Gasteiger partial charge in [-0.25, -0.2) is 0 Å². The maximum Gasteiger partial charge on any atom is 0.303 e. The van der Waals surface area contributed by atoms with E-state index in [1.165, 1.54) is 6.92 Å². The molecular formula is C7H12O5. The van der Waals surface area contributed by atoms with E-state index in [0.29, 0.717) is 0 Å². The quantitative estimate of drug-likeness (QED) is 0.565. The van der Waals surface area contributed by atoms with Gasteiger partial charge in [0, 0.05) is 13.3 Å². The number of hydrogen-bond donors (Lipinski definition) is 2. The lowest BCUT2D eigenvalue weighted by Crippen LogP contribution is -2.18. The van der Waals surface area contributed by atoms with Crippen molar-refractivity contribution in [3.63, 3.8) is 0 Å². The van der Waals surface area contributed by atoms with Gasteiger partial charge in [0.1, 0.15) is 6.61 Å². The van der Waals surface area contributed by atoms with Crippen LogP contribution in [0.15, 0.2) is 0 Å². The van der Waals surface area contributed by atoms with Crippen molar-refractivity contribution in [3.8, 4) is 0 Å². The molecule has 0 amide bonds. The van der Waals surface area contributed by atoms with Crippen molar-refractivity contribution < 1.29 is 24.5 Å². The molecule has 0 saturated carbocycles. The second kappa shape index (κ2) is 5.54. The Morgan fingerprint density at radius 1 is 1.50 bits per heavy atom. The second-order valence-corrected chi connectivity index (χ2v) is 2.39.